The summed E-state index contributed by atoms with van der Waals surface area (Å²) < 4.78 is 22.5. The van der Waals surface area contributed by atoms with E-state index in [0.717, 1.165) is 19.3 Å². The Morgan fingerprint density at radius 3 is 2.61 bits per heavy atom. The van der Waals surface area contributed by atoms with Gasteiger partial charge in [0.1, 0.15) is 11.5 Å². The molecule has 1 N–H and O–H groups in total. The first-order valence-electron chi connectivity index (χ1n) is 12.6. The first-order chi connectivity index (χ1) is 18.5. The Kier molecular flexibility index (Phi) is 7.22. The molecule has 5 rings (SSSR count). The molecule has 1 atom stereocenters. The van der Waals surface area contributed by atoms with E-state index < -0.39 is 23.5 Å². The number of ether oxygens (including phenoxy) is 2. The van der Waals surface area contributed by atoms with Crippen LogP contribution in [0, 0.1) is 0 Å². The molecule has 196 valence electrons. The van der Waals surface area contributed by atoms with Gasteiger partial charge >= 0.3 is 0 Å². The number of hydrogen-bond acceptors (Lipinski definition) is 7. The number of aliphatic hydroxyl groups excluding tert-OH is 1. The number of aliphatic hydroxyl groups is 1. The van der Waals surface area contributed by atoms with Crippen LogP contribution in [-0.4, -0.2) is 35.4 Å². The number of amides is 1. The van der Waals surface area contributed by atoms with E-state index in [-0.39, 0.29) is 17.9 Å². The second-order valence-corrected chi connectivity index (χ2v) is 9.12. The van der Waals surface area contributed by atoms with Gasteiger partial charge in [-0.25, -0.2) is 0 Å². The van der Waals surface area contributed by atoms with E-state index in [4.69, 9.17) is 18.3 Å². The first kappa shape index (κ1) is 25.2. The smallest absolute Gasteiger partial charge is 0.290 e. The summed E-state index contributed by atoms with van der Waals surface area (Å²) in [4.78, 5) is 28.5. The number of carbonyl (C=O) groups excluding carboxylic acids is 2. The van der Waals surface area contributed by atoms with Crippen LogP contribution in [-0.2, 0) is 11.3 Å². The van der Waals surface area contributed by atoms with Gasteiger partial charge in [-0.15, -0.1) is 0 Å². The molecule has 3 heterocycles. The number of unbranched alkanes of at least 4 members (excludes halogenated alkanes) is 2. The quantitative estimate of drug-likeness (QED) is 0.183. The van der Waals surface area contributed by atoms with Gasteiger partial charge in [-0.05, 0) is 48.4 Å². The number of fused-ring (bicyclic) bond motifs is 1. The summed E-state index contributed by atoms with van der Waals surface area (Å²) in [6, 6.07) is 16.7. The number of nitrogens with zero attached hydrogens (tertiary/aromatic N) is 1. The molecule has 8 heteroatoms. The number of rotatable bonds is 11. The van der Waals surface area contributed by atoms with Gasteiger partial charge in [0.2, 0.25) is 5.78 Å². The number of furan rings is 2. The van der Waals surface area contributed by atoms with Gasteiger partial charge in [0.15, 0.2) is 22.9 Å². The Labute approximate surface area is 220 Å². The van der Waals surface area contributed by atoms with Gasteiger partial charge in [0.25, 0.3) is 5.91 Å². The van der Waals surface area contributed by atoms with Gasteiger partial charge in [0.05, 0.1) is 38.1 Å². The minimum Gasteiger partial charge on any atom is -0.503 e. The molecular formula is C30H29NO7. The van der Waals surface area contributed by atoms with Gasteiger partial charge in [-0.2, -0.15) is 0 Å². The van der Waals surface area contributed by atoms with Gasteiger partial charge in [-0.1, -0.05) is 44.0 Å². The van der Waals surface area contributed by atoms with Crippen molar-refractivity contribution in [2.75, 3.05) is 13.7 Å². The summed E-state index contributed by atoms with van der Waals surface area (Å²) in [5, 5.41) is 11.6. The Balaban J connectivity index is 1.51. The van der Waals surface area contributed by atoms with Crippen LogP contribution in [0.25, 0.3) is 11.0 Å². The highest BCUT2D eigenvalue weighted by atomic mass is 16.5. The summed E-state index contributed by atoms with van der Waals surface area (Å²) in [6.07, 6.45) is 4.67. The molecule has 4 aromatic rings. The predicted molar refractivity (Wildman–Crippen MR) is 140 cm³/mol. The maximum absolute atomic E-state index is 13.8. The van der Waals surface area contributed by atoms with Crippen LogP contribution < -0.4 is 9.47 Å². The zero-order valence-electron chi connectivity index (χ0n) is 21.3. The van der Waals surface area contributed by atoms with Crippen molar-refractivity contribution >= 4 is 22.7 Å². The van der Waals surface area contributed by atoms with Crippen LogP contribution in [0.4, 0.5) is 0 Å². The first-order valence-corrected chi connectivity index (χ1v) is 12.6. The average molecular weight is 516 g/mol. The highest BCUT2D eigenvalue weighted by molar-refractivity contribution is 6.16. The van der Waals surface area contributed by atoms with Crippen molar-refractivity contribution in [2.45, 2.75) is 38.8 Å². The fourth-order valence-corrected chi connectivity index (χ4v) is 4.70. The number of ketones is 1. The second kappa shape index (κ2) is 10.9. The number of benzene rings is 2. The minimum atomic E-state index is -0.857. The number of carbonyl (C=O) groups is 2. The largest absolute Gasteiger partial charge is 0.503 e. The average Bonchev–Trinajstić information content (AvgIpc) is 3.67. The molecule has 0 saturated heterocycles. The molecule has 0 aliphatic carbocycles. The van der Waals surface area contributed by atoms with Gasteiger partial charge in [-0.3, -0.25) is 9.59 Å². The molecule has 1 amide bonds. The number of para-hydroxylation sites is 1. The van der Waals surface area contributed by atoms with Gasteiger partial charge in [0, 0.05) is 5.39 Å². The van der Waals surface area contributed by atoms with Crippen LogP contribution in [0.1, 0.15) is 54.1 Å². The maximum Gasteiger partial charge on any atom is 0.290 e. The molecule has 2 aromatic carbocycles. The molecule has 0 saturated carbocycles. The minimum absolute atomic E-state index is 0.000392. The predicted octanol–water partition coefficient (Wildman–Crippen LogP) is 6.38. The Morgan fingerprint density at radius 1 is 1.08 bits per heavy atom. The third-order valence-electron chi connectivity index (χ3n) is 6.62. The molecule has 1 aliphatic rings. The van der Waals surface area contributed by atoms with E-state index in [1.807, 2.05) is 0 Å². The van der Waals surface area contributed by atoms with Crippen molar-refractivity contribution in [3.63, 3.8) is 0 Å². The Morgan fingerprint density at radius 2 is 1.89 bits per heavy atom. The van der Waals surface area contributed by atoms with Crippen LogP contribution in [0.2, 0.25) is 0 Å². The molecule has 0 bridgehead atoms. The lowest BCUT2D eigenvalue weighted by atomic mass is 9.95. The third kappa shape index (κ3) is 4.77. The number of methoxy groups -OCH3 is 1. The molecule has 0 radical (unpaired) electrons. The fourth-order valence-electron chi connectivity index (χ4n) is 4.70. The van der Waals surface area contributed by atoms with Crippen molar-refractivity contribution in [3.05, 3.63) is 95.3 Å². The summed E-state index contributed by atoms with van der Waals surface area (Å²) in [7, 11) is 1.52. The summed E-state index contributed by atoms with van der Waals surface area (Å²) in [5.41, 5.74) is 0.999. The molecule has 8 nitrogen and oxygen atoms in total. The highest BCUT2D eigenvalue weighted by Crippen LogP contribution is 2.41. The Hall–Kier alpha value is -4.46. The van der Waals surface area contributed by atoms with E-state index in [0.29, 0.717) is 40.4 Å². The number of Topliss-reactive ketones (excluding diaryl/α,β-unsaturated/α-hetero) is 1. The van der Waals surface area contributed by atoms with Crippen molar-refractivity contribution in [1.82, 2.24) is 4.90 Å². The van der Waals surface area contributed by atoms with Crippen LogP contribution in [0.15, 0.2) is 87.1 Å². The van der Waals surface area contributed by atoms with Crippen LogP contribution in [0.3, 0.4) is 0 Å². The van der Waals surface area contributed by atoms with E-state index in [9.17, 15) is 14.7 Å². The van der Waals surface area contributed by atoms with Crippen molar-refractivity contribution in [1.29, 1.82) is 0 Å². The third-order valence-corrected chi connectivity index (χ3v) is 6.62. The summed E-state index contributed by atoms with van der Waals surface area (Å²) in [5.74, 6) is -0.165. The zero-order chi connectivity index (χ0) is 26.6. The fraction of sp³-hybridized carbons (Fsp3) is 0.267. The molecule has 38 heavy (non-hydrogen) atoms. The van der Waals surface area contributed by atoms with Crippen molar-refractivity contribution in [3.8, 4) is 11.5 Å². The number of hydrogen-bond donors (Lipinski definition) is 1. The molecule has 2 aromatic heterocycles. The SMILES string of the molecule is CCCCCOc1ccc(C2C(C(=O)c3cc4cccc(OC)c4o3)=C(O)C(=O)N2Cc2ccco2)cc1. The summed E-state index contributed by atoms with van der Waals surface area (Å²) in [6.45, 7) is 2.82. The lowest BCUT2D eigenvalue weighted by molar-refractivity contribution is -0.130. The lowest BCUT2D eigenvalue weighted by Crippen LogP contribution is -2.30. The van der Waals surface area contributed by atoms with E-state index in [1.165, 1.54) is 18.3 Å². The zero-order valence-corrected chi connectivity index (χ0v) is 21.3. The standard InChI is InChI=1S/C30H29NO7/c1-3-4-5-15-36-21-13-11-19(12-14-21)26-25(28(33)30(34)31(26)18-22-9-7-16-37-22)27(32)24-17-20-8-6-10-23(35-2)29(20)38-24/h6-14,16-17,26,33H,3-5,15,18H2,1-2H3. The maximum atomic E-state index is 13.8. The molecular weight excluding hydrogens is 486 g/mol. The lowest BCUT2D eigenvalue weighted by Gasteiger charge is -2.26. The van der Waals surface area contributed by atoms with Crippen LogP contribution in [0.5, 0.6) is 11.5 Å². The second-order valence-electron chi connectivity index (χ2n) is 9.12. The van der Waals surface area contributed by atoms with Crippen molar-refractivity contribution < 1.29 is 33.0 Å². The Bertz CT molecular complexity index is 1460. The molecule has 0 spiro atoms. The molecule has 0 fully saturated rings. The van der Waals surface area contributed by atoms with Crippen LogP contribution >= 0.6 is 0 Å². The topological polar surface area (TPSA) is 102 Å². The highest BCUT2D eigenvalue weighted by Gasteiger charge is 2.45. The molecule has 1 aliphatic heterocycles. The van der Waals surface area contributed by atoms with E-state index >= 15 is 0 Å². The van der Waals surface area contributed by atoms with E-state index in [1.54, 1.807) is 60.7 Å². The van der Waals surface area contributed by atoms with E-state index in [2.05, 4.69) is 6.92 Å². The molecule has 1 unspecified atom stereocenters. The normalized spacial score (nSPS) is 15.5. The monoisotopic (exact) mass is 515 g/mol. The van der Waals surface area contributed by atoms with Crippen molar-refractivity contribution in [2.24, 2.45) is 0 Å². The summed E-state index contributed by atoms with van der Waals surface area (Å²) >= 11 is 0. The van der Waals surface area contributed by atoms with Gasteiger partial charge < -0.3 is 28.3 Å².